The second-order valence-corrected chi connectivity index (χ2v) is 9.42. The second kappa shape index (κ2) is 5.75. The highest BCUT2D eigenvalue weighted by molar-refractivity contribution is 5.91. The van der Waals surface area contributed by atoms with Crippen molar-refractivity contribution in [2.45, 2.75) is 64.9 Å². The molecule has 4 heteroatoms. The lowest BCUT2D eigenvalue weighted by atomic mass is 9.46. The number of allylic oxidation sites excluding steroid dienone is 1. The van der Waals surface area contributed by atoms with Gasteiger partial charge in [-0.05, 0) is 73.2 Å². The molecular weight excluding hydrogens is 316 g/mol. The van der Waals surface area contributed by atoms with Crippen molar-refractivity contribution < 1.29 is 19.8 Å². The number of carbonyl (C=O) groups excluding carboxylic acids is 2. The van der Waals surface area contributed by atoms with Crippen LogP contribution in [0.3, 0.4) is 0 Å². The lowest BCUT2D eigenvalue weighted by molar-refractivity contribution is -0.146. The first-order valence-electron chi connectivity index (χ1n) is 9.87. The van der Waals surface area contributed by atoms with Gasteiger partial charge in [0.1, 0.15) is 6.61 Å². The Morgan fingerprint density at radius 2 is 2.00 bits per heavy atom. The van der Waals surface area contributed by atoms with E-state index in [1.54, 1.807) is 0 Å². The van der Waals surface area contributed by atoms with Gasteiger partial charge in [-0.25, -0.2) is 0 Å². The zero-order valence-corrected chi connectivity index (χ0v) is 15.3. The van der Waals surface area contributed by atoms with Crippen LogP contribution in [0.1, 0.15) is 58.8 Å². The Morgan fingerprint density at radius 1 is 1.24 bits per heavy atom. The summed E-state index contributed by atoms with van der Waals surface area (Å²) < 4.78 is 0. The lowest BCUT2D eigenvalue weighted by Gasteiger charge is -2.59. The van der Waals surface area contributed by atoms with Crippen molar-refractivity contribution in [2.24, 2.45) is 34.5 Å². The zero-order valence-electron chi connectivity index (χ0n) is 15.3. The molecule has 0 bridgehead atoms. The fraction of sp³-hybridized carbons (Fsp3) is 0.810. The number of fused-ring (bicyclic) bond motifs is 5. The highest BCUT2D eigenvalue weighted by atomic mass is 16.3. The predicted molar refractivity (Wildman–Crippen MR) is 93.7 cm³/mol. The minimum Gasteiger partial charge on any atom is -0.393 e. The van der Waals surface area contributed by atoms with E-state index in [0.29, 0.717) is 24.7 Å². The average molecular weight is 346 g/mol. The third-order valence-electron chi connectivity index (χ3n) is 8.44. The number of hydrogen-bond donors (Lipinski definition) is 2. The first kappa shape index (κ1) is 17.4. The predicted octanol–water partition coefficient (Wildman–Crippen LogP) is 2.67. The molecule has 3 saturated carbocycles. The van der Waals surface area contributed by atoms with Crippen molar-refractivity contribution in [2.75, 3.05) is 6.61 Å². The topological polar surface area (TPSA) is 74.6 Å². The van der Waals surface area contributed by atoms with E-state index in [-0.39, 0.29) is 40.8 Å². The minimum atomic E-state index is -0.430. The Morgan fingerprint density at radius 3 is 2.72 bits per heavy atom. The van der Waals surface area contributed by atoms with E-state index in [1.807, 2.05) is 6.08 Å². The van der Waals surface area contributed by atoms with E-state index in [4.69, 9.17) is 0 Å². The molecule has 0 radical (unpaired) electrons. The molecule has 0 aliphatic heterocycles. The molecule has 0 heterocycles. The highest BCUT2D eigenvalue weighted by Crippen LogP contribution is 2.66. The van der Waals surface area contributed by atoms with Crippen molar-refractivity contribution >= 4 is 11.6 Å². The summed E-state index contributed by atoms with van der Waals surface area (Å²) in [5.41, 5.74) is 0.979. The standard InChI is InChI=1S/C21H30O4/c1-20-8-7-13(23)9-12(20)3-4-14-15-5-6-16(18(25)11-22)21(15,2)10-17(24)19(14)20/h9,14-17,19,22,24H,3-8,10-11H2,1-2H3/t14-,15-,16+,17-,19+,20+,21+/m1/s1. The van der Waals surface area contributed by atoms with E-state index < -0.39 is 6.10 Å². The molecule has 0 saturated heterocycles. The van der Waals surface area contributed by atoms with Crippen LogP contribution in [0, 0.1) is 34.5 Å². The molecule has 0 spiro atoms. The number of ketones is 2. The van der Waals surface area contributed by atoms with Gasteiger partial charge in [0.15, 0.2) is 11.6 Å². The van der Waals surface area contributed by atoms with E-state index in [0.717, 1.165) is 32.1 Å². The van der Waals surface area contributed by atoms with Gasteiger partial charge in [-0.3, -0.25) is 9.59 Å². The molecule has 0 aromatic carbocycles. The summed E-state index contributed by atoms with van der Waals surface area (Å²) in [4.78, 5) is 24.2. The first-order chi connectivity index (χ1) is 11.8. The molecule has 0 unspecified atom stereocenters. The van der Waals surface area contributed by atoms with E-state index >= 15 is 0 Å². The maximum atomic E-state index is 12.3. The van der Waals surface area contributed by atoms with Gasteiger partial charge < -0.3 is 10.2 Å². The van der Waals surface area contributed by atoms with Crippen LogP contribution >= 0.6 is 0 Å². The van der Waals surface area contributed by atoms with Crippen LogP contribution in [0.4, 0.5) is 0 Å². The van der Waals surface area contributed by atoms with Crippen molar-refractivity contribution in [3.63, 3.8) is 0 Å². The molecule has 4 aliphatic carbocycles. The van der Waals surface area contributed by atoms with Gasteiger partial charge in [0.25, 0.3) is 0 Å². The Hall–Kier alpha value is -1.00. The molecule has 0 aromatic heterocycles. The third-order valence-corrected chi connectivity index (χ3v) is 8.44. The number of aliphatic hydroxyl groups excluding tert-OH is 2. The van der Waals surface area contributed by atoms with Crippen molar-refractivity contribution in [1.29, 1.82) is 0 Å². The van der Waals surface area contributed by atoms with Crippen molar-refractivity contribution in [3.8, 4) is 0 Å². The van der Waals surface area contributed by atoms with Crippen molar-refractivity contribution in [3.05, 3.63) is 11.6 Å². The van der Waals surface area contributed by atoms with Gasteiger partial charge in [0.05, 0.1) is 6.10 Å². The highest BCUT2D eigenvalue weighted by Gasteiger charge is 2.62. The van der Waals surface area contributed by atoms with Crippen molar-refractivity contribution in [1.82, 2.24) is 0 Å². The minimum absolute atomic E-state index is 0.0541. The Kier molecular flexibility index (Phi) is 4.01. The monoisotopic (exact) mass is 346 g/mol. The van der Waals surface area contributed by atoms with Gasteiger partial charge in [0, 0.05) is 12.3 Å². The number of aliphatic hydroxyl groups is 2. The Labute approximate surface area is 149 Å². The summed E-state index contributed by atoms with van der Waals surface area (Å²) in [5, 5.41) is 20.5. The van der Waals surface area contributed by atoms with Gasteiger partial charge >= 0.3 is 0 Å². The largest absolute Gasteiger partial charge is 0.393 e. The van der Waals surface area contributed by atoms with Crippen LogP contribution < -0.4 is 0 Å². The smallest absolute Gasteiger partial charge is 0.161 e. The van der Waals surface area contributed by atoms with E-state index in [2.05, 4.69) is 13.8 Å². The molecule has 4 aliphatic rings. The van der Waals surface area contributed by atoms with Gasteiger partial charge in [-0.1, -0.05) is 19.4 Å². The molecular formula is C21H30O4. The van der Waals surface area contributed by atoms with E-state index in [1.165, 1.54) is 5.57 Å². The summed E-state index contributed by atoms with van der Waals surface area (Å²) in [6.45, 7) is 4.03. The van der Waals surface area contributed by atoms with Crippen LogP contribution in [0.2, 0.25) is 0 Å². The molecule has 138 valence electrons. The van der Waals surface area contributed by atoms with E-state index in [9.17, 15) is 19.8 Å². The number of carbonyl (C=O) groups is 2. The molecule has 3 fully saturated rings. The van der Waals surface area contributed by atoms with Gasteiger partial charge in [0.2, 0.25) is 0 Å². The third kappa shape index (κ3) is 2.33. The lowest BCUT2D eigenvalue weighted by Crippen LogP contribution is -2.57. The second-order valence-electron chi connectivity index (χ2n) is 9.42. The van der Waals surface area contributed by atoms with Gasteiger partial charge in [-0.15, -0.1) is 0 Å². The molecule has 4 rings (SSSR count). The molecule has 25 heavy (non-hydrogen) atoms. The van der Waals surface area contributed by atoms with Crippen LogP contribution in [-0.4, -0.2) is 34.5 Å². The number of rotatable bonds is 2. The maximum Gasteiger partial charge on any atom is 0.161 e. The van der Waals surface area contributed by atoms with Crippen LogP contribution in [-0.2, 0) is 9.59 Å². The van der Waals surface area contributed by atoms with Gasteiger partial charge in [-0.2, -0.15) is 0 Å². The fourth-order valence-corrected chi connectivity index (χ4v) is 7.33. The Balaban J connectivity index is 1.70. The quantitative estimate of drug-likeness (QED) is 0.806. The molecule has 0 amide bonds. The summed E-state index contributed by atoms with van der Waals surface area (Å²) in [6, 6.07) is 0. The summed E-state index contributed by atoms with van der Waals surface area (Å²) >= 11 is 0. The molecule has 4 nitrogen and oxygen atoms in total. The maximum absolute atomic E-state index is 12.3. The van der Waals surface area contributed by atoms with Crippen LogP contribution in [0.15, 0.2) is 11.6 Å². The van der Waals surface area contributed by atoms with Crippen LogP contribution in [0.5, 0.6) is 0 Å². The van der Waals surface area contributed by atoms with Crippen LogP contribution in [0.25, 0.3) is 0 Å². The number of Topliss-reactive ketones (excluding diaryl/α,β-unsaturated/α-hetero) is 1. The summed E-state index contributed by atoms with van der Waals surface area (Å²) in [7, 11) is 0. The SMILES string of the molecule is C[C@]12C[C@@H](O)[C@@H]3[C@H](CCC4=CC(=O)CC[C@@]43C)[C@H]1CC[C@H]2C(=O)CO. The fourth-order valence-electron chi connectivity index (χ4n) is 7.33. The normalized spacial score (nSPS) is 49.0. The molecule has 7 atom stereocenters. The number of hydrogen-bond acceptors (Lipinski definition) is 4. The first-order valence-corrected chi connectivity index (χ1v) is 9.87. The summed E-state index contributed by atoms with van der Waals surface area (Å²) in [5.74, 6) is 1.12. The zero-order chi connectivity index (χ0) is 18.0. The Bertz CT molecular complexity index is 638. The summed E-state index contributed by atoms with van der Waals surface area (Å²) in [6.07, 6.45) is 7.32. The molecule has 0 aromatic rings. The molecule has 2 N–H and O–H groups in total. The average Bonchev–Trinajstić information content (AvgIpc) is 2.91.